The Bertz CT molecular complexity index is 417. The van der Waals surface area contributed by atoms with Crippen LogP contribution in [0.4, 0.5) is 5.69 Å². The quantitative estimate of drug-likeness (QED) is 0.832. The van der Waals surface area contributed by atoms with Gasteiger partial charge in [-0.05, 0) is 55.8 Å². The molecule has 0 saturated heterocycles. The molecule has 0 aliphatic heterocycles. The van der Waals surface area contributed by atoms with Crippen molar-refractivity contribution in [1.82, 2.24) is 9.97 Å². The molecule has 4 heteroatoms. The van der Waals surface area contributed by atoms with Gasteiger partial charge in [0, 0.05) is 5.25 Å². The SMILES string of the molecule is Nc1cnc(SC2C3CC4CC(C3)CC2C4)nc1. The van der Waals surface area contributed by atoms with Crippen molar-refractivity contribution >= 4 is 17.4 Å². The van der Waals surface area contributed by atoms with Gasteiger partial charge in [-0.2, -0.15) is 0 Å². The van der Waals surface area contributed by atoms with E-state index in [0.717, 1.165) is 34.1 Å². The molecule has 0 aromatic carbocycles. The van der Waals surface area contributed by atoms with Gasteiger partial charge < -0.3 is 5.73 Å². The Kier molecular flexibility index (Phi) is 2.54. The highest BCUT2D eigenvalue weighted by molar-refractivity contribution is 7.99. The number of anilines is 1. The van der Waals surface area contributed by atoms with Gasteiger partial charge in [0.1, 0.15) is 0 Å². The second kappa shape index (κ2) is 4.12. The zero-order chi connectivity index (χ0) is 12.1. The van der Waals surface area contributed by atoms with Crippen LogP contribution in [0.5, 0.6) is 0 Å². The number of rotatable bonds is 2. The summed E-state index contributed by atoms with van der Waals surface area (Å²) in [6.45, 7) is 0. The Balaban J connectivity index is 1.53. The maximum atomic E-state index is 5.64. The number of thioether (sulfide) groups is 1. The number of nitrogen functional groups attached to an aromatic ring is 1. The van der Waals surface area contributed by atoms with Crippen molar-refractivity contribution in [2.24, 2.45) is 23.7 Å². The van der Waals surface area contributed by atoms with E-state index in [4.69, 9.17) is 5.73 Å². The lowest BCUT2D eigenvalue weighted by atomic mass is 9.56. The Hall–Kier alpha value is -0.770. The monoisotopic (exact) mass is 261 g/mol. The van der Waals surface area contributed by atoms with E-state index in [2.05, 4.69) is 9.97 Å². The first-order chi connectivity index (χ1) is 8.78. The van der Waals surface area contributed by atoms with Crippen LogP contribution >= 0.6 is 11.8 Å². The Labute approximate surface area is 112 Å². The summed E-state index contributed by atoms with van der Waals surface area (Å²) in [6, 6.07) is 0. The minimum Gasteiger partial charge on any atom is -0.396 e. The minimum absolute atomic E-state index is 0.657. The molecule has 4 aliphatic carbocycles. The second-order valence-electron chi connectivity index (χ2n) is 6.31. The number of hydrogen-bond donors (Lipinski definition) is 1. The molecule has 0 radical (unpaired) electrons. The van der Waals surface area contributed by atoms with E-state index < -0.39 is 0 Å². The lowest BCUT2D eigenvalue weighted by Gasteiger charge is -2.53. The summed E-state index contributed by atoms with van der Waals surface area (Å²) in [4.78, 5) is 8.71. The van der Waals surface area contributed by atoms with E-state index in [0.29, 0.717) is 5.69 Å². The molecule has 1 heterocycles. The molecule has 4 saturated carbocycles. The highest BCUT2D eigenvalue weighted by atomic mass is 32.2. The molecule has 1 aromatic rings. The van der Waals surface area contributed by atoms with Crippen LogP contribution in [0.1, 0.15) is 32.1 Å². The summed E-state index contributed by atoms with van der Waals surface area (Å²) in [5, 5.41) is 1.68. The molecular weight excluding hydrogens is 242 g/mol. The highest BCUT2D eigenvalue weighted by Gasteiger charge is 2.48. The van der Waals surface area contributed by atoms with Gasteiger partial charge in [-0.25, -0.2) is 9.97 Å². The Morgan fingerprint density at radius 2 is 1.50 bits per heavy atom. The van der Waals surface area contributed by atoms with Crippen LogP contribution in [-0.2, 0) is 0 Å². The topological polar surface area (TPSA) is 51.8 Å². The summed E-state index contributed by atoms with van der Waals surface area (Å²) in [6.07, 6.45) is 10.8. The molecule has 4 bridgehead atoms. The van der Waals surface area contributed by atoms with Crippen molar-refractivity contribution in [3.05, 3.63) is 12.4 Å². The first-order valence-electron chi connectivity index (χ1n) is 7.02. The summed E-state index contributed by atoms with van der Waals surface area (Å²) in [5.74, 6) is 3.92. The Morgan fingerprint density at radius 3 is 2.06 bits per heavy atom. The van der Waals surface area contributed by atoms with Gasteiger partial charge in [-0.15, -0.1) is 0 Å². The molecule has 0 spiro atoms. The van der Waals surface area contributed by atoms with Gasteiger partial charge in [-0.1, -0.05) is 11.8 Å². The van der Waals surface area contributed by atoms with Crippen molar-refractivity contribution < 1.29 is 0 Å². The van der Waals surface area contributed by atoms with Crippen molar-refractivity contribution in [3.63, 3.8) is 0 Å². The first kappa shape index (κ1) is 11.1. The highest BCUT2D eigenvalue weighted by Crippen LogP contribution is 2.57. The third-order valence-corrected chi connectivity index (χ3v) is 6.49. The van der Waals surface area contributed by atoms with Crippen molar-refractivity contribution in [2.45, 2.75) is 42.5 Å². The number of nitrogens with two attached hydrogens (primary N) is 1. The predicted molar refractivity (Wildman–Crippen MR) is 73.1 cm³/mol. The normalized spacial score (nSPS) is 41.2. The fourth-order valence-corrected chi connectivity index (χ4v) is 5.88. The van der Waals surface area contributed by atoms with Crippen molar-refractivity contribution in [2.75, 3.05) is 5.73 Å². The van der Waals surface area contributed by atoms with Crippen LogP contribution in [0, 0.1) is 23.7 Å². The average molecular weight is 261 g/mol. The zero-order valence-corrected chi connectivity index (χ0v) is 11.3. The fraction of sp³-hybridized carbons (Fsp3) is 0.714. The molecule has 3 nitrogen and oxygen atoms in total. The van der Waals surface area contributed by atoms with E-state index in [1.807, 2.05) is 11.8 Å². The molecule has 4 aliphatic rings. The van der Waals surface area contributed by atoms with Crippen molar-refractivity contribution in [1.29, 1.82) is 0 Å². The van der Waals surface area contributed by atoms with Crippen LogP contribution in [0.15, 0.2) is 17.6 Å². The summed E-state index contributed by atoms with van der Waals surface area (Å²) < 4.78 is 0. The molecule has 96 valence electrons. The maximum Gasteiger partial charge on any atom is 0.187 e. The second-order valence-corrected chi connectivity index (χ2v) is 7.46. The molecule has 5 rings (SSSR count). The molecule has 0 unspecified atom stereocenters. The molecule has 1 aromatic heterocycles. The number of aromatic nitrogens is 2. The van der Waals surface area contributed by atoms with E-state index in [9.17, 15) is 0 Å². The molecule has 4 fully saturated rings. The van der Waals surface area contributed by atoms with E-state index >= 15 is 0 Å². The molecule has 0 amide bonds. The van der Waals surface area contributed by atoms with Gasteiger partial charge in [0.25, 0.3) is 0 Å². The van der Waals surface area contributed by atoms with Gasteiger partial charge in [0.2, 0.25) is 0 Å². The van der Waals surface area contributed by atoms with Gasteiger partial charge in [-0.3, -0.25) is 0 Å². The summed E-state index contributed by atoms with van der Waals surface area (Å²) >= 11 is 1.91. The summed E-state index contributed by atoms with van der Waals surface area (Å²) in [7, 11) is 0. The van der Waals surface area contributed by atoms with E-state index in [-0.39, 0.29) is 0 Å². The largest absolute Gasteiger partial charge is 0.396 e. The third kappa shape index (κ3) is 1.81. The van der Waals surface area contributed by atoms with E-state index in [1.165, 1.54) is 32.1 Å². The zero-order valence-electron chi connectivity index (χ0n) is 10.5. The lowest BCUT2D eigenvalue weighted by molar-refractivity contribution is 0.0266. The molecular formula is C14H19N3S. The minimum atomic E-state index is 0.657. The lowest BCUT2D eigenvalue weighted by Crippen LogP contribution is -2.46. The van der Waals surface area contributed by atoms with Crippen LogP contribution in [-0.4, -0.2) is 15.2 Å². The van der Waals surface area contributed by atoms with Crippen LogP contribution in [0.25, 0.3) is 0 Å². The Morgan fingerprint density at radius 1 is 0.944 bits per heavy atom. The summed E-state index contributed by atoms with van der Waals surface area (Å²) in [5.41, 5.74) is 6.30. The molecule has 0 atom stereocenters. The van der Waals surface area contributed by atoms with E-state index in [1.54, 1.807) is 12.4 Å². The van der Waals surface area contributed by atoms with Crippen LogP contribution in [0.2, 0.25) is 0 Å². The third-order valence-electron chi connectivity index (χ3n) is 5.03. The molecule has 18 heavy (non-hydrogen) atoms. The molecule has 2 N–H and O–H groups in total. The van der Waals surface area contributed by atoms with Crippen molar-refractivity contribution in [3.8, 4) is 0 Å². The number of hydrogen-bond acceptors (Lipinski definition) is 4. The smallest absolute Gasteiger partial charge is 0.187 e. The van der Waals surface area contributed by atoms with Crippen LogP contribution < -0.4 is 5.73 Å². The number of nitrogens with zero attached hydrogens (tertiary/aromatic N) is 2. The van der Waals surface area contributed by atoms with Gasteiger partial charge in [0.15, 0.2) is 5.16 Å². The predicted octanol–water partition coefficient (Wildman–Crippen LogP) is 2.98. The average Bonchev–Trinajstić information content (AvgIpc) is 2.35. The standard InChI is InChI=1S/C14H19N3S/c15-12-6-16-14(17-7-12)18-13-10-2-8-1-9(4-10)5-11(13)3-8/h6-11,13H,1-5,15H2. The van der Waals surface area contributed by atoms with Gasteiger partial charge in [0.05, 0.1) is 18.1 Å². The fourth-order valence-electron chi connectivity index (χ4n) is 4.58. The van der Waals surface area contributed by atoms with Crippen LogP contribution in [0.3, 0.4) is 0 Å². The first-order valence-corrected chi connectivity index (χ1v) is 7.90. The maximum absolute atomic E-state index is 5.64. The van der Waals surface area contributed by atoms with Gasteiger partial charge >= 0.3 is 0 Å².